The van der Waals surface area contributed by atoms with Crippen LogP contribution in [-0.4, -0.2) is 60.8 Å². The van der Waals surface area contributed by atoms with Crippen LogP contribution >= 0.6 is 11.3 Å². The van der Waals surface area contributed by atoms with Gasteiger partial charge in [-0.3, -0.25) is 15.0 Å². The molecule has 1 aromatic heterocycles. The average molecular weight is 416 g/mol. The summed E-state index contributed by atoms with van der Waals surface area (Å²) in [6.07, 6.45) is 6.26. The molecule has 0 atom stereocenters. The first-order valence-electron chi connectivity index (χ1n) is 10.5. The van der Waals surface area contributed by atoms with Gasteiger partial charge < -0.3 is 9.64 Å². The molecule has 4 rings (SSSR count). The lowest BCUT2D eigenvalue weighted by Crippen LogP contribution is -2.48. The molecule has 1 N–H and O–H groups in total. The van der Waals surface area contributed by atoms with Crippen LogP contribution in [0.25, 0.3) is 0 Å². The molecule has 2 aliphatic rings. The fraction of sp³-hybridized carbons (Fsp3) is 0.571. The second-order valence-corrected chi connectivity index (χ2v) is 8.80. The van der Waals surface area contributed by atoms with Gasteiger partial charge in [-0.25, -0.2) is 0 Å². The minimum absolute atomic E-state index is 0.00533. The van der Waals surface area contributed by atoms with Gasteiger partial charge in [-0.15, -0.1) is 10.2 Å². The van der Waals surface area contributed by atoms with E-state index < -0.39 is 0 Å². The molecule has 1 aromatic carbocycles. The number of benzene rings is 1. The second kappa shape index (κ2) is 9.54. The lowest BCUT2D eigenvalue weighted by atomic mass is 9.90. The number of piperazine rings is 1. The average Bonchev–Trinajstić information content (AvgIpc) is 3.23. The Morgan fingerprint density at radius 1 is 1.10 bits per heavy atom. The van der Waals surface area contributed by atoms with Crippen molar-refractivity contribution in [2.75, 3.05) is 50.1 Å². The maximum atomic E-state index is 12.4. The Kier molecular flexibility index (Phi) is 6.61. The summed E-state index contributed by atoms with van der Waals surface area (Å²) in [6, 6.07) is 8.14. The summed E-state index contributed by atoms with van der Waals surface area (Å²) in [5.74, 6) is 1.39. The monoisotopic (exact) mass is 415 g/mol. The minimum Gasteiger partial charge on any atom is -0.497 e. The van der Waals surface area contributed by atoms with Gasteiger partial charge in [-0.1, -0.05) is 30.6 Å². The molecule has 1 amide bonds. The number of hydrogen-bond acceptors (Lipinski definition) is 7. The van der Waals surface area contributed by atoms with Gasteiger partial charge in [0.25, 0.3) is 0 Å². The normalized spacial score (nSPS) is 18.6. The van der Waals surface area contributed by atoms with E-state index in [1.165, 1.54) is 49.1 Å². The number of carbonyl (C=O) groups is 1. The molecule has 2 fully saturated rings. The molecule has 1 saturated heterocycles. The summed E-state index contributed by atoms with van der Waals surface area (Å²) in [4.78, 5) is 17.0. The smallest absolute Gasteiger partial charge is 0.240 e. The summed E-state index contributed by atoms with van der Waals surface area (Å²) in [7, 11) is 1.68. The van der Waals surface area contributed by atoms with E-state index in [2.05, 4.69) is 37.4 Å². The molecule has 2 aromatic rings. The quantitative estimate of drug-likeness (QED) is 0.780. The SMILES string of the molecule is COc1ccc(N2CCN(CC(=O)Nc3nnc(C4CCCCC4)s3)CC2)cc1. The minimum atomic E-state index is -0.00533. The zero-order chi connectivity index (χ0) is 20.1. The molecule has 156 valence electrons. The van der Waals surface area contributed by atoms with Crippen molar-refractivity contribution in [2.45, 2.75) is 38.0 Å². The maximum Gasteiger partial charge on any atom is 0.240 e. The van der Waals surface area contributed by atoms with Crippen LogP contribution in [-0.2, 0) is 4.79 Å². The van der Waals surface area contributed by atoms with E-state index in [1.807, 2.05) is 12.1 Å². The van der Waals surface area contributed by atoms with Gasteiger partial charge in [0.15, 0.2) is 0 Å². The fourth-order valence-electron chi connectivity index (χ4n) is 4.12. The number of nitrogens with one attached hydrogen (secondary N) is 1. The summed E-state index contributed by atoms with van der Waals surface area (Å²) in [5, 5.41) is 13.2. The Bertz CT molecular complexity index is 796. The van der Waals surface area contributed by atoms with Gasteiger partial charge in [-0.2, -0.15) is 0 Å². The van der Waals surface area contributed by atoms with Crippen molar-refractivity contribution < 1.29 is 9.53 Å². The third-order valence-electron chi connectivity index (χ3n) is 5.82. The molecule has 1 saturated carbocycles. The van der Waals surface area contributed by atoms with E-state index >= 15 is 0 Å². The molecule has 29 heavy (non-hydrogen) atoms. The zero-order valence-corrected chi connectivity index (χ0v) is 17.8. The molecule has 2 heterocycles. The van der Waals surface area contributed by atoms with Gasteiger partial charge >= 0.3 is 0 Å². The first kappa shape index (κ1) is 20.1. The number of amides is 1. The molecule has 0 spiro atoms. The highest BCUT2D eigenvalue weighted by Gasteiger charge is 2.22. The van der Waals surface area contributed by atoms with Crippen LogP contribution in [0.5, 0.6) is 5.75 Å². The molecule has 0 radical (unpaired) electrons. The van der Waals surface area contributed by atoms with Gasteiger partial charge in [0, 0.05) is 37.8 Å². The Morgan fingerprint density at radius 2 is 1.83 bits per heavy atom. The van der Waals surface area contributed by atoms with E-state index in [-0.39, 0.29) is 5.91 Å². The largest absolute Gasteiger partial charge is 0.497 e. The van der Waals surface area contributed by atoms with Crippen molar-refractivity contribution in [3.63, 3.8) is 0 Å². The molecule has 0 bridgehead atoms. The Labute approximate surface area is 176 Å². The van der Waals surface area contributed by atoms with Crippen LogP contribution in [0, 0.1) is 0 Å². The zero-order valence-electron chi connectivity index (χ0n) is 17.0. The van der Waals surface area contributed by atoms with Crippen LogP contribution in [0.2, 0.25) is 0 Å². The number of anilines is 2. The lowest BCUT2D eigenvalue weighted by Gasteiger charge is -2.35. The third kappa shape index (κ3) is 5.25. The van der Waals surface area contributed by atoms with Crippen molar-refractivity contribution >= 4 is 28.1 Å². The first-order valence-corrected chi connectivity index (χ1v) is 11.3. The molecule has 8 heteroatoms. The predicted octanol–water partition coefficient (Wildman–Crippen LogP) is 3.36. The lowest BCUT2D eigenvalue weighted by molar-refractivity contribution is -0.117. The van der Waals surface area contributed by atoms with Crippen molar-refractivity contribution in [3.05, 3.63) is 29.3 Å². The van der Waals surface area contributed by atoms with Crippen molar-refractivity contribution in [1.29, 1.82) is 0 Å². The van der Waals surface area contributed by atoms with Crippen molar-refractivity contribution in [3.8, 4) is 5.75 Å². The molecular weight excluding hydrogens is 386 g/mol. The molecular formula is C21H29N5O2S. The van der Waals surface area contributed by atoms with Gasteiger partial charge in [0.1, 0.15) is 10.8 Å². The Balaban J connectivity index is 1.23. The molecule has 0 unspecified atom stereocenters. The van der Waals surface area contributed by atoms with Gasteiger partial charge in [0.05, 0.1) is 13.7 Å². The van der Waals surface area contributed by atoms with E-state index in [0.717, 1.165) is 36.9 Å². The van der Waals surface area contributed by atoms with Crippen LogP contribution in [0.15, 0.2) is 24.3 Å². The highest BCUT2D eigenvalue weighted by atomic mass is 32.1. The Morgan fingerprint density at radius 3 is 2.52 bits per heavy atom. The van der Waals surface area contributed by atoms with Crippen LogP contribution < -0.4 is 15.0 Å². The van der Waals surface area contributed by atoms with E-state index in [1.54, 1.807) is 7.11 Å². The first-order chi connectivity index (χ1) is 14.2. The fourth-order valence-corrected chi connectivity index (χ4v) is 5.05. The summed E-state index contributed by atoms with van der Waals surface area (Å²) >= 11 is 1.54. The number of hydrogen-bond donors (Lipinski definition) is 1. The standard InChI is InChI=1S/C21H29N5O2S/c1-28-18-9-7-17(8-10-18)26-13-11-25(12-14-26)15-19(27)22-21-24-23-20(29-21)16-5-3-2-4-6-16/h7-10,16H,2-6,11-15H2,1H3,(H,22,24,27). The molecule has 7 nitrogen and oxygen atoms in total. The number of aromatic nitrogens is 2. The number of ether oxygens (including phenoxy) is 1. The highest BCUT2D eigenvalue weighted by Crippen LogP contribution is 2.35. The van der Waals surface area contributed by atoms with E-state index in [9.17, 15) is 4.79 Å². The Hall–Kier alpha value is -2.19. The van der Waals surface area contributed by atoms with E-state index in [0.29, 0.717) is 17.6 Å². The van der Waals surface area contributed by atoms with Gasteiger partial charge in [-0.05, 0) is 37.1 Å². The maximum absolute atomic E-state index is 12.4. The van der Waals surface area contributed by atoms with Crippen LogP contribution in [0.4, 0.5) is 10.8 Å². The number of nitrogens with zero attached hydrogens (tertiary/aromatic N) is 4. The molecule has 1 aliphatic carbocycles. The summed E-state index contributed by atoms with van der Waals surface area (Å²) < 4.78 is 5.22. The van der Waals surface area contributed by atoms with Crippen molar-refractivity contribution in [2.24, 2.45) is 0 Å². The topological polar surface area (TPSA) is 70.6 Å². The summed E-state index contributed by atoms with van der Waals surface area (Å²) in [5.41, 5.74) is 1.19. The van der Waals surface area contributed by atoms with Crippen LogP contribution in [0.1, 0.15) is 43.0 Å². The number of carbonyl (C=O) groups excluding carboxylic acids is 1. The number of methoxy groups -OCH3 is 1. The van der Waals surface area contributed by atoms with E-state index in [4.69, 9.17) is 4.74 Å². The van der Waals surface area contributed by atoms with Gasteiger partial charge in [0.2, 0.25) is 11.0 Å². The third-order valence-corrected chi connectivity index (χ3v) is 6.82. The summed E-state index contributed by atoms with van der Waals surface area (Å²) in [6.45, 7) is 3.94. The van der Waals surface area contributed by atoms with Crippen LogP contribution in [0.3, 0.4) is 0 Å². The molecule has 1 aliphatic heterocycles. The predicted molar refractivity (Wildman–Crippen MR) is 116 cm³/mol. The second-order valence-electron chi connectivity index (χ2n) is 7.79. The number of rotatable bonds is 6. The highest BCUT2D eigenvalue weighted by molar-refractivity contribution is 7.15. The van der Waals surface area contributed by atoms with Crippen molar-refractivity contribution in [1.82, 2.24) is 15.1 Å².